The molecule has 1 aromatic heterocycles. The first kappa shape index (κ1) is 12.3. The number of hydrogen-bond donors (Lipinski definition) is 1. The number of nitrogens with one attached hydrogen (secondary N) is 1. The monoisotopic (exact) mass is 272 g/mol. The Labute approximate surface area is 99.0 Å². The molecule has 1 rings (SSSR count). The van der Waals surface area contributed by atoms with Gasteiger partial charge in [0.05, 0.1) is 0 Å². The van der Waals surface area contributed by atoms with E-state index in [9.17, 15) is 4.79 Å². The first-order chi connectivity index (χ1) is 7.06. The smallest absolute Gasteiger partial charge is 0.270 e. The first-order valence-electron chi connectivity index (χ1n) is 5.21. The van der Waals surface area contributed by atoms with Gasteiger partial charge in [0, 0.05) is 23.3 Å². The van der Waals surface area contributed by atoms with Crippen LogP contribution < -0.4 is 0 Å². The Morgan fingerprint density at radius 1 is 1.60 bits per heavy atom. The predicted molar refractivity (Wildman–Crippen MR) is 65.0 cm³/mol. The summed E-state index contributed by atoms with van der Waals surface area (Å²) in [4.78, 5) is 16.9. The molecule has 0 saturated carbocycles. The van der Waals surface area contributed by atoms with Gasteiger partial charge in [0.25, 0.3) is 5.91 Å². The van der Waals surface area contributed by atoms with Crippen molar-refractivity contribution in [3.05, 3.63) is 22.4 Å². The van der Waals surface area contributed by atoms with E-state index in [0.717, 1.165) is 17.4 Å². The van der Waals surface area contributed by atoms with Gasteiger partial charge in [-0.1, -0.05) is 6.92 Å². The maximum Gasteiger partial charge on any atom is 0.270 e. The quantitative estimate of drug-likeness (QED) is 0.899. The summed E-state index contributed by atoms with van der Waals surface area (Å²) in [6.07, 6.45) is 2.75. The van der Waals surface area contributed by atoms with Crippen molar-refractivity contribution in [1.82, 2.24) is 9.88 Å². The van der Waals surface area contributed by atoms with Crippen LogP contribution in [0.2, 0.25) is 0 Å². The Hall–Kier alpha value is -0.770. The summed E-state index contributed by atoms with van der Waals surface area (Å²) >= 11 is 3.32. The molecule has 0 spiro atoms. The minimum absolute atomic E-state index is 0.0672. The van der Waals surface area contributed by atoms with Crippen molar-refractivity contribution in [2.45, 2.75) is 33.2 Å². The zero-order valence-electron chi connectivity index (χ0n) is 9.38. The van der Waals surface area contributed by atoms with E-state index in [2.05, 4.69) is 27.8 Å². The van der Waals surface area contributed by atoms with E-state index < -0.39 is 0 Å². The van der Waals surface area contributed by atoms with Crippen LogP contribution in [0, 0.1) is 0 Å². The number of rotatable bonds is 4. The SMILES string of the molecule is CCCN(C(=O)c1cc(Br)c[nH]1)C(C)C. The highest BCUT2D eigenvalue weighted by Gasteiger charge is 2.18. The van der Waals surface area contributed by atoms with E-state index in [0.29, 0.717) is 5.69 Å². The summed E-state index contributed by atoms with van der Waals surface area (Å²) in [5.41, 5.74) is 0.643. The second-order valence-corrected chi connectivity index (χ2v) is 4.74. The number of hydrogen-bond acceptors (Lipinski definition) is 1. The fraction of sp³-hybridized carbons (Fsp3) is 0.545. The second kappa shape index (κ2) is 5.35. The van der Waals surface area contributed by atoms with Crippen molar-refractivity contribution in [2.24, 2.45) is 0 Å². The summed E-state index contributed by atoms with van der Waals surface area (Å²) in [5, 5.41) is 0. The molecule has 0 fully saturated rings. The number of H-pyrrole nitrogens is 1. The normalized spacial score (nSPS) is 10.7. The lowest BCUT2D eigenvalue weighted by molar-refractivity contribution is 0.0700. The summed E-state index contributed by atoms with van der Waals surface area (Å²) in [5.74, 6) is 0.0672. The molecule has 0 aromatic carbocycles. The number of amides is 1. The maximum absolute atomic E-state index is 12.1. The molecule has 84 valence electrons. The van der Waals surface area contributed by atoms with Crippen molar-refractivity contribution in [3.63, 3.8) is 0 Å². The molecular formula is C11H17BrN2O. The third-order valence-corrected chi connectivity index (χ3v) is 2.68. The molecular weight excluding hydrogens is 256 g/mol. The molecule has 0 unspecified atom stereocenters. The van der Waals surface area contributed by atoms with Crippen LogP contribution in [-0.4, -0.2) is 28.4 Å². The lowest BCUT2D eigenvalue weighted by atomic mass is 10.2. The topological polar surface area (TPSA) is 36.1 Å². The van der Waals surface area contributed by atoms with Gasteiger partial charge < -0.3 is 9.88 Å². The molecule has 1 N–H and O–H groups in total. The van der Waals surface area contributed by atoms with E-state index in [1.54, 1.807) is 6.20 Å². The average Bonchev–Trinajstić information content (AvgIpc) is 2.59. The molecule has 1 heterocycles. The fourth-order valence-corrected chi connectivity index (χ4v) is 1.82. The Kier molecular flexibility index (Phi) is 4.39. The van der Waals surface area contributed by atoms with Crippen LogP contribution in [0.25, 0.3) is 0 Å². The highest BCUT2D eigenvalue weighted by Crippen LogP contribution is 2.14. The fourth-order valence-electron chi connectivity index (χ4n) is 1.48. The van der Waals surface area contributed by atoms with Gasteiger partial charge in [-0.25, -0.2) is 0 Å². The maximum atomic E-state index is 12.1. The summed E-state index contributed by atoms with van der Waals surface area (Å²) < 4.78 is 0.908. The summed E-state index contributed by atoms with van der Waals surface area (Å²) in [6, 6.07) is 2.05. The Morgan fingerprint density at radius 2 is 2.27 bits per heavy atom. The molecule has 0 aliphatic heterocycles. The van der Waals surface area contributed by atoms with Crippen molar-refractivity contribution in [3.8, 4) is 0 Å². The molecule has 0 radical (unpaired) electrons. The average molecular weight is 273 g/mol. The number of aromatic nitrogens is 1. The van der Waals surface area contributed by atoms with Gasteiger partial charge in [0.15, 0.2) is 0 Å². The number of halogens is 1. The Bertz CT molecular complexity index is 333. The van der Waals surface area contributed by atoms with Crippen LogP contribution in [0.3, 0.4) is 0 Å². The summed E-state index contributed by atoms with van der Waals surface area (Å²) in [7, 11) is 0. The van der Waals surface area contributed by atoms with Crippen LogP contribution in [0.4, 0.5) is 0 Å². The molecule has 0 atom stereocenters. The zero-order valence-corrected chi connectivity index (χ0v) is 11.0. The molecule has 4 heteroatoms. The molecule has 0 aliphatic rings. The van der Waals surface area contributed by atoms with Crippen LogP contribution in [0.5, 0.6) is 0 Å². The van der Waals surface area contributed by atoms with Crippen LogP contribution in [0.15, 0.2) is 16.7 Å². The highest BCUT2D eigenvalue weighted by atomic mass is 79.9. The van der Waals surface area contributed by atoms with E-state index in [1.165, 1.54) is 0 Å². The standard InChI is InChI=1S/C11H17BrN2O/c1-4-5-14(8(2)3)11(15)10-6-9(12)7-13-10/h6-8,13H,4-5H2,1-3H3. The lowest BCUT2D eigenvalue weighted by Crippen LogP contribution is -2.37. The zero-order chi connectivity index (χ0) is 11.4. The van der Waals surface area contributed by atoms with Crippen molar-refractivity contribution < 1.29 is 4.79 Å². The largest absolute Gasteiger partial charge is 0.356 e. The van der Waals surface area contributed by atoms with E-state index in [1.807, 2.05) is 24.8 Å². The Morgan fingerprint density at radius 3 is 2.67 bits per heavy atom. The second-order valence-electron chi connectivity index (χ2n) is 3.82. The van der Waals surface area contributed by atoms with Gasteiger partial charge in [0.2, 0.25) is 0 Å². The summed E-state index contributed by atoms with van der Waals surface area (Å²) in [6.45, 7) is 6.94. The lowest BCUT2D eigenvalue weighted by Gasteiger charge is -2.25. The van der Waals surface area contributed by atoms with Gasteiger partial charge in [0.1, 0.15) is 5.69 Å². The minimum Gasteiger partial charge on any atom is -0.356 e. The number of carbonyl (C=O) groups excluding carboxylic acids is 1. The third kappa shape index (κ3) is 3.09. The highest BCUT2D eigenvalue weighted by molar-refractivity contribution is 9.10. The van der Waals surface area contributed by atoms with E-state index in [4.69, 9.17) is 0 Å². The van der Waals surface area contributed by atoms with Gasteiger partial charge in [-0.2, -0.15) is 0 Å². The first-order valence-corrected chi connectivity index (χ1v) is 6.00. The van der Waals surface area contributed by atoms with Crippen molar-refractivity contribution in [2.75, 3.05) is 6.54 Å². The van der Waals surface area contributed by atoms with Gasteiger partial charge in [-0.3, -0.25) is 4.79 Å². The molecule has 0 bridgehead atoms. The predicted octanol–water partition coefficient (Wildman–Crippen LogP) is 3.04. The third-order valence-electron chi connectivity index (χ3n) is 2.23. The molecule has 1 aromatic rings. The minimum atomic E-state index is 0.0672. The molecule has 3 nitrogen and oxygen atoms in total. The van der Waals surface area contributed by atoms with Crippen molar-refractivity contribution in [1.29, 1.82) is 0 Å². The van der Waals surface area contributed by atoms with Gasteiger partial charge >= 0.3 is 0 Å². The molecule has 15 heavy (non-hydrogen) atoms. The van der Waals surface area contributed by atoms with E-state index in [-0.39, 0.29) is 11.9 Å². The van der Waals surface area contributed by atoms with Crippen LogP contribution in [-0.2, 0) is 0 Å². The van der Waals surface area contributed by atoms with Crippen LogP contribution >= 0.6 is 15.9 Å². The molecule has 1 amide bonds. The van der Waals surface area contributed by atoms with E-state index >= 15 is 0 Å². The molecule has 0 aliphatic carbocycles. The van der Waals surface area contributed by atoms with Gasteiger partial charge in [-0.05, 0) is 42.3 Å². The number of nitrogens with zero attached hydrogens (tertiary/aromatic N) is 1. The van der Waals surface area contributed by atoms with Crippen LogP contribution in [0.1, 0.15) is 37.7 Å². The number of carbonyl (C=O) groups is 1. The van der Waals surface area contributed by atoms with Gasteiger partial charge in [-0.15, -0.1) is 0 Å². The Balaban J connectivity index is 2.80. The number of aromatic amines is 1. The van der Waals surface area contributed by atoms with Crippen molar-refractivity contribution >= 4 is 21.8 Å². The molecule has 0 saturated heterocycles.